The molecule has 0 bridgehead atoms. The number of esters is 9. The van der Waals surface area contributed by atoms with Crippen LogP contribution in [0.1, 0.15) is 255 Å². The Hall–Kier alpha value is -4.85. The molecule has 20 heteroatoms. The van der Waals surface area contributed by atoms with Crippen LogP contribution in [0.15, 0.2) is 0 Å². The van der Waals surface area contributed by atoms with Crippen LogP contribution in [0, 0.1) is 5.92 Å². The maximum Gasteiger partial charge on any atom is 0.306 e. The molecule has 81 heavy (non-hydrogen) atoms. The number of carbonyl (C=O) groups excluding carboxylic acids is 9. The second-order valence-corrected chi connectivity index (χ2v) is 22.1. The summed E-state index contributed by atoms with van der Waals surface area (Å²) in [6.45, 7) is 13.3. The molecule has 0 aromatic heterocycles. The van der Waals surface area contributed by atoms with Gasteiger partial charge in [0.05, 0.1) is 0 Å². The van der Waals surface area contributed by atoms with Crippen molar-refractivity contribution in [2.45, 2.75) is 323 Å². The van der Waals surface area contributed by atoms with Crippen LogP contribution in [-0.4, -0.2) is 128 Å². The summed E-state index contributed by atoms with van der Waals surface area (Å²) in [5.41, 5.74) is 0. The molecule has 0 aromatic rings. The zero-order valence-electron chi connectivity index (χ0n) is 50.8. The molecular weight excluding hydrogens is 1050 g/mol. The van der Waals surface area contributed by atoms with E-state index in [9.17, 15) is 43.2 Å². The zero-order chi connectivity index (χ0) is 60.1. The number of hydrogen-bond donors (Lipinski definition) is 0. The molecule has 10 atom stereocenters. The Morgan fingerprint density at radius 3 is 0.975 bits per heavy atom. The van der Waals surface area contributed by atoms with Gasteiger partial charge in [-0.15, -0.1) is 0 Å². The Morgan fingerprint density at radius 1 is 0.333 bits per heavy atom. The lowest BCUT2D eigenvalue weighted by molar-refractivity contribution is -0.343. The monoisotopic (exact) mass is 1150 g/mol. The van der Waals surface area contributed by atoms with Gasteiger partial charge in [-0.3, -0.25) is 43.2 Å². The van der Waals surface area contributed by atoms with E-state index in [4.69, 9.17) is 52.1 Å². The highest BCUT2D eigenvalue weighted by molar-refractivity contribution is 5.72. The van der Waals surface area contributed by atoms with Gasteiger partial charge in [-0.25, -0.2) is 0 Å². The van der Waals surface area contributed by atoms with E-state index in [2.05, 4.69) is 20.8 Å². The van der Waals surface area contributed by atoms with E-state index in [-0.39, 0.29) is 12.8 Å². The molecule has 1 saturated heterocycles. The molecule has 0 amide bonds. The molecular formula is C61H102O20. The number of unbranched alkanes of at least 4 members (excludes halogenated alkanes) is 22. The highest BCUT2D eigenvalue weighted by Gasteiger charge is 2.62. The van der Waals surface area contributed by atoms with Crippen molar-refractivity contribution in [1.82, 2.24) is 0 Å². The fraction of sp³-hybridized carbons (Fsp3) is 0.852. The summed E-state index contributed by atoms with van der Waals surface area (Å²) < 4.78 is 64.4. The van der Waals surface area contributed by atoms with Gasteiger partial charge in [-0.2, -0.15) is 0 Å². The molecule has 466 valence electrons. The first-order valence-electron chi connectivity index (χ1n) is 30.5. The highest BCUT2D eigenvalue weighted by Crippen LogP contribution is 2.38. The van der Waals surface area contributed by atoms with Crippen LogP contribution in [0.4, 0.5) is 0 Å². The van der Waals surface area contributed by atoms with E-state index in [1.807, 2.05) is 0 Å². The lowest BCUT2D eigenvalue weighted by Crippen LogP contribution is -2.70. The standard InChI is InChI=1S/C61H102O20/c1-11-13-15-17-18-19-20-21-22-23-24-27-30-34-38-50(69)71-40-49-52(80-51(70)39-35-31-28-25-26-29-33-37-41(3)36-32-16-14-12-2)53(72-42(4)62)60(78-48(10)68)61(79-49)81-59-57(76-46(8)66)55(74-44(6)64)54(73-43(5)63)56(75-45(7)65)58(59)77-47(9)67/h41,49,52-61H,11-40H2,1-10H3. The second-order valence-electron chi connectivity index (χ2n) is 22.1. The first kappa shape index (κ1) is 72.3. The van der Waals surface area contributed by atoms with Crippen LogP contribution in [0.2, 0.25) is 0 Å². The van der Waals surface area contributed by atoms with Crippen LogP contribution in [-0.2, 0) is 95.3 Å². The van der Waals surface area contributed by atoms with Crippen molar-refractivity contribution in [3.8, 4) is 0 Å². The van der Waals surface area contributed by atoms with Gasteiger partial charge in [0.2, 0.25) is 0 Å². The first-order valence-corrected chi connectivity index (χ1v) is 30.5. The Kier molecular flexibility index (Phi) is 37.5. The van der Waals surface area contributed by atoms with Crippen molar-refractivity contribution in [2.24, 2.45) is 5.92 Å². The van der Waals surface area contributed by atoms with Gasteiger partial charge in [-0.05, 0) is 18.8 Å². The summed E-state index contributed by atoms with van der Waals surface area (Å²) in [7, 11) is 0. The van der Waals surface area contributed by atoms with Crippen molar-refractivity contribution >= 4 is 53.7 Å². The molecule has 2 fully saturated rings. The molecule has 10 unspecified atom stereocenters. The van der Waals surface area contributed by atoms with Crippen LogP contribution >= 0.6 is 0 Å². The number of rotatable bonds is 42. The fourth-order valence-electron chi connectivity index (χ4n) is 10.6. The minimum absolute atomic E-state index is 0.0442. The molecule has 1 heterocycles. The highest BCUT2D eigenvalue weighted by atomic mass is 16.8. The van der Waals surface area contributed by atoms with Crippen molar-refractivity contribution < 1.29 is 95.3 Å². The normalized spacial score (nSPS) is 23.7. The predicted molar refractivity (Wildman–Crippen MR) is 298 cm³/mol. The van der Waals surface area contributed by atoms with Gasteiger partial charge in [0.25, 0.3) is 0 Å². The van der Waals surface area contributed by atoms with Gasteiger partial charge in [0, 0.05) is 61.3 Å². The number of hydrogen-bond acceptors (Lipinski definition) is 20. The summed E-state index contributed by atoms with van der Waals surface area (Å²) in [5.74, 6) is -7.40. The summed E-state index contributed by atoms with van der Waals surface area (Å²) >= 11 is 0. The SMILES string of the molecule is CCCCCCCCCCCCCCCCC(=O)OCC1OC(OC2C(OC(C)=O)C(OC(C)=O)C(OC(C)=O)C(OC(C)=O)C2OC(C)=O)C(OC(C)=O)C(OC(C)=O)C1OC(=O)CCCCCCCCCC(C)CCCCCC. The average Bonchev–Trinajstić information content (AvgIpc) is 3.52. The van der Waals surface area contributed by atoms with Crippen LogP contribution in [0.3, 0.4) is 0 Å². The fourth-order valence-corrected chi connectivity index (χ4v) is 10.6. The quantitative estimate of drug-likeness (QED) is 0.0313. The van der Waals surface area contributed by atoms with Crippen LogP contribution < -0.4 is 0 Å². The third kappa shape index (κ3) is 30.9. The van der Waals surface area contributed by atoms with Gasteiger partial charge in [0.1, 0.15) is 18.8 Å². The molecule has 2 rings (SSSR count). The van der Waals surface area contributed by atoms with E-state index in [1.165, 1.54) is 103 Å². The number of carbonyl (C=O) groups is 9. The molecule has 0 N–H and O–H groups in total. The minimum atomic E-state index is -1.97. The third-order valence-electron chi connectivity index (χ3n) is 14.5. The van der Waals surface area contributed by atoms with Gasteiger partial charge in [-0.1, -0.05) is 181 Å². The van der Waals surface area contributed by atoms with Gasteiger partial charge < -0.3 is 52.1 Å². The lowest BCUT2D eigenvalue weighted by Gasteiger charge is -2.50. The van der Waals surface area contributed by atoms with Crippen LogP contribution in [0.5, 0.6) is 0 Å². The van der Waals surface area contributed by atoms with Crippen molar-refractivity contribution in [2.75, 3.05) is 6.61 Å². The van der Waals surface area contributed by atoms with Crippen molar-refractivity contribution in [3.63, 3.8) is 0 Å². The maximum atomic E-state index is 13.8. The van der Waals surface area contributed by atoms with E-state index < -0.39 is 128 Å². The second kappa shape index (κ2) is 42.0. The average molecular weight is 1160 g/mol. The Balaban J connectivity index is 2.45. The zero-order valence-corrected chi connectivity index (χ0v) is 50.8. The molecule has 0 spiro atoms. The summed E-state index contributed by atoms with van der Waals surface area (Å²) in [6, 6.07) is 0. The van der Waals surface area contributed by atoms with E-state index in [0.29, 0.717) is 12.8 Å². The molecule has 1 saturated carbocycles. The molecule has 1 aliphatic heterocycles. The summed E-state index contributed by atoms with van der Waals surface area (Å²) in [4.78, 5) is 117. The summed E-state index contributed by atoms with van der Waals surface area (Å²) in [5, 5.41) is 0. The molecule has 20 nitrogen and oxygen atoms in total. The lowest BCUT2D eigenvalue weighted by atomic mass is 9.83. The Labute approximate surface area is 482 Å². The van der Waals surface area contributed by atoms with Crippen molar-refractivity contribution in [1.29, 1.82) is 0 Å². The van der Waals surface area contributed by atoms with Crippen LogP contribution in [0.25, 0.3) is 0 Å². The van der Waals surface area contributed by atoms with Crippen molar-refractivity contribution in [3.05, 3.63) is 0 Å². The largest absolute Gasteiger partial charge is 0.463 e. The maximum absolute atomic E-state index is 13.8. The molecule has 0 radical (unpaired) electrons. The predicted octanol–water partition coefficient (Wildman–Crippen LogP) is 11.1. The van der Waals surface area contributed by atoms with Gasteiger partial charge in [0.15, 0.2) is 55.1 Å². The first-order chi connectivity index (χ1) is 38.7. The topological polar surface area (TPSA) is 255 Å². The molecule has 0 aromatic carbocycles. The van der Waals surface area contributed by atoms with E-state index >= 15 is 0 Å². The minimum Gasteiger partial charge on any atom is -0.463 e. The molecule has 2 aliphatic rings. The Morgan fingerprint density at radius 2 is 0.617 bits per heavy atom. The smallest absolute Gasteiger partial charge is 0.306 e. The summed E-state index contributed by atoms with van der Waals surface area (Å²) in [6.07, 6.45) is 10.2. The third-order valence-corrected chi connectivity index (χ3v) is 14.5. The van der Waals surface area contributed by atoms with E-state index in [1.54, 1.807) is 0 Å². The van der Waals surface area contributed by atoms with Gasteiger partial charge >= 0.3 is 53.7 Å². The van der Waals surface area contributed by atoms with E-state index in [0.717, 1.165) is 112 Å². The Bertz CT molecular complexity index is 1830. The number of ether oxygens (including phenoxy) is 11. The molecule has 1 aliphatic carbocycles.